The number of nitrogens with one attached hydrogen (secondary N) is 1. The fourth-order valence-corrected chi connectivity index (χ4v) is 2.00. The van der Waals surface area contributed by atoms with Crippen LogP contribution in [0.15, 0.2) is 18.2 Å². The molecule has 1 aromatic carbocycles. The first-order valence-electron chi connectivity index (χ1n) is 6.04. The SMILES string of the molecule is Cc1ccc(OCc2n[nH]c(C)c2CN)c(C)c1. The van der Waals surface area contributed by atoms with E-state index in [4.69, 9.17) is 10.5 Å². The van der Waals surface area contributed by atoms with Crippen molar-refractivity contribution in [2.75, 3.05) is 0 Å². The summed E-state index contributed by atoms with van der Waals surface area (Å²) in [6.07, 6.45) is 0. The zero-order valence-electron chi connectivity index (χ0n) is 11.1. The van der Waals surface area contributed by atoms with Gasteiger partial charge in [0.15, 0.2) is 0 Å². The summed E-state index contributed by atoms with van der Waals surface area (Å²) in [5.74, 6) is 0.893. The minimum absolute atomic E-state index is 0.445. The van der Waals surface area contributed by atoms with Gasteiger partial charge in [0.2, 0.25) is 0 Å². The minimum Gasteiger partial charge on any atom is -0.487 e. The van der Waals surface area contributed by atoms with Crippen LogP contribution in [0.2, 0.25) is 0 Å². The lowest BCUT2D eigenvalue weighted by Gasteiger charge is -2.09. The third-order valence-corrected chi connectivity index (χ3v) is 3.06. The van der Waals surface area contributed by atoms with Gasteiger partial charge in [-0.1, -0.05) is 17.7 Å². The molecule has 0 unspecified atom stereocenters. The van der Waals surface area contributed by atoms with Crippen molar-refractivity contribution in [1.29, 1.82) is 0 Å². The van der Waals surface area contributed by atoms with Gasteiger partial charge in [-0.3, -0.25) is 5.10 Å². The Morgan fingerprint density at radius 1 is 1.28 bits per heavy atom. The highest BCUT2D eigenvalue weighted by atomic mass is 16.5. The van der Waals surface area contributed by atoms with Crippen molar-refractivity contribution in [3.8, 4) is 5.75 Å². The van der Waals surface area contributed by atoms with Crippen molar-refractivity contribution in [2.45, 2.75) is 33.9 Å². The van der Waals surface area contributed by atoms with E-state index in [-0.39, 0.29) is 0 Å². The summed E-state index contributed by atoms with van der Waals surface area (Å²) in [5, 5.41) is 7.16. The predicted molar refractivity (Wildman–Crippen MR) is 71.5 cm³/mol. The molecule has 0 aliphatic heterocycles. The molecule has 4 nitrogen and oxygen atoms in total. The molecule has 2 aromatic rings. The molecular formula is C14H19N3O. The summed E-state index contributed by atoms with van der Waals surface area (Å²) >= 11 is 0. The Kier molecular flexibility index (Phi) is 3.67. The first-order valence-corrected chi connectivity index (χ1v) is 6.04. The number of hydrogen-bond acceptors (Lipinski definition) is 3. The molecule has 0 spiro atoms. The van der Waals surface area contributed by atoms with Crippen LogP contribution in [0.1, 0.15) is 28.1 Å². The highest BCUT2D eigenvalue weighted by Gasteiger charge is 2.09. The molecule has 1 heterocycles. The molecule has 2 rings (SSSR count). The summed E-state index contributed by atoms with van der Waals surface area (Å²) in [7, 11) is 0. The zero-order chi connectivity index (χ0) is 13.1. The van der Waals surface area contributed by atoms with Crippen molar-refractivity contribution in [1.82, 2.24) is 10.2 Å². The number of benzene rings is 1. The highest BCUT2D eigenvalue weighted by Crippen LogP contribution is 2.20. The second-order valence-electron chi connectivity index (χ2n) is 4.54. The standard InChI is InChI=1S/C14H19N3O/c1-9-4-5-14(10(2)6-9)18-8-13-12(7-15)11(3)16-17-13/h4-6H,7-8,15H2,1-3H3,(H,16,17). The molecule has 0 radical (unpaired) electrons. The number of nitrogens with two attached hydrogens (primary N) is 1. The van der Waals surface area contributed by atoms with Crippen molar-refractivity contribution < 1.29 is 4.74 Å². The molecule has 0 fully saturated rings. The number of aryl methyl sites for hydroxylation is 3. The average Bonchev–Trinajstić information content (AvgIpc) is 2.69. The molecule has 1 aromatic heterocycles. The lowest BCUT2D eigenvalue weighted by atomic mass is 10.1. The van der Waals surface area contributed by atoms with Gasteiger partial charge in [-0.05, 0) is 32.4 Å². The van der Waals surface area contributed by atoms with Crippen LogP contribution < -0.4 is 10.5 Å². The number of H-pyrrole nitrogens is 1. The molecule has 0 atom stereocenters. The largest absolute Gasteiger partial charge is 0.487 e. The van der Waals surface area contributed by atoms with E-state index in [0.717, 1.165) is 28.3 Å². The zero-order valence-corrected chi connectivity index (χ0v) is 11.1. The number of aromatic nitrogens is 2. The maximum atomic E-state index is 5.80. The number of ether oxygens (including phenoxy) is 1. The summed E-state index contributed by atoms with van der Waals surface area (Å²) in [4.78, 5) is 0. The van der Waals surface area contributed by atoms with Gasteiger partial charge in [0.25, 0.3) is 0 Å². The molecule has 0 saturated heterocycles. The first kappa shape index (κ1) is 12.6. The normalized spacial score (nSPS) is 10.7. The molecule has 4 heteroatoms. The Hall–Kier alpha value is -1.81. The Morgan fingerprint density at radius 3 is 2.72 bits per heavy atom. The van der Waals surface area contributed by atoms with Gasteiger partial charge in [-0.2, -0.15) is 5.10 Å². The van der Waals surface area contributed by atoms with Crippen LogP contribution in [0.4, 0.5) is 0 Å². The van der Waals surface area contributed by atoms with Crippen LogP contribution >= 0.6 is 0 Å². The van der Waals surface area contributed by atoms with Crippen LogP contribution in [0.5, 0.6) is 5.75 Å². The topological polar surface area (TPSA) is 63.9 Å². The van der Waals surface area contributed by atoms with E-state index in [9.17, 15) is 0 Å². The van der Waals surface area contributed by atoms with Crippen LogP contribution in [0.25, 0.3) is 0 Å². The molecule has 3 N–H and O–H groups in total. The van der Waals surface area contributed by atoms with E-state index in [1.54, 1.807) is 0 Å². The molecule has 96 valence electrons. The second kappa shape index (κ2) is 5.23. The second-order valence-corrected chi connectivity index (χ2v) is 4.54. The lowest BCUT2D eigenvalue weighted by molar-refractivity contribution is 0.298. The highest BCUT2D eigenvalue weighted by molar-refractivity contribution is 5.36. The van der Waals surface area contributed by atoms with E-state index in [1.807, 2.05) is 26.0 Å². The Bertz CT molecular complexity index is 546. The molecule has 0 amide bonds. The minimum atomic E-state index is 0.445. The van der Waals surface area contributed by atoms with Crippen molar-refractivity contribution >= 4 is 0 Å². The maximum absolute atomic E-state index is 5.80. The van der Waals surface area contributed by atoms with Gasteiger partial charge in [-0.15, -0.1) is 0 Å². The van der Waals surface area contributed by atoms with Crippen molar-refractivity contribution in [3.05, 3.63) is 46.3 Å². The third-order valence-electron chi connectivity index (χ3n) is 3.06. The maximum Gasteiger partial charge on any atom is 0.132 e. The van der Waals surface area contributed by atoms with Crippen LogP contribution in [0, 0.1) is 20.8 Å². The molecule has 0 bridgehead atoms. The smallest absolute Gasteiger partial charge is 0.132 e. The Labute approximate surface area is 107 Å². The Balaban J connectivity index is 2.11. The first-order chi connectivity index (χ1) is 8.61. The van der Waals surface area contributed by atoms with Crippen LogP contribution in [-0.2, 0) is 13.2 Å². The quantitative estimate of drug-likeness (QED) is 0.869. The summed E-state index contributed by atoms with van der Waals surface area (Å²) in [5.41, 5.74) is 11.0. The van der Waals surface area contributed by atoms with E-state index in [2.05, 4.69) is 23.2 Å². The monoisotopic (exact) mass is 245 g/mol. The molecular weight excluding hydrogens is 226 g/mol. The van der Waals surface area contributed by atoms with E-state index >= 15 is 0 Å². The number of aromatic amines is 1. The average molecular weight is 245 g/mol. The van der Waals surface area contributed by atoms with E-state index < -0.39 is 0 Å². The van der Waals surface area contributed by atoms with Gasteiger partial charge in [0.05, 0.1) is 0 Å². The lowest BCUT2D eigenvalue weighted by Crippen LogP contribution is -2.05. The van der Waals surface area contributed by atoms with E-state index in [1.165, 1.54) is 5.56 Å². The Morgan fingerprint density at radius 2 is 2.06 bits per heavy atom. The fraction of sp³-hybridized carbons (Fsp3) is 0.357. The number of nitrogens with zero attached hydrogens (tertiary/aromatic N) is 1. The molecule has 0 aliphatic carbocycles. The predicted octanol–water partition coefficient (Wildman–Crippen LogP) is 2.37. The number of rotatable bonds is 4. The fourth-order valence-electron chi connectivity index (χ4n) is 2.00. The summed E-state index contributed by atoms with van der Waals surface area (Å²) < 4.78 is 5.80. The van der Waals surface area contributed by atoms with Crippen molar-refractivity contribution in [2.24, 2.45) is 5.73 Å². The molecule has 18 heavy (non-hydrogen) atoms. The van der Waals surface area contributed by atoms with Crippen LogP contribution in [0.3, 0.4) is 0 Å². The summed E-state index contributed by atoms with van der Waals surface area (Å²) in [6, 6.07) is 6.14. The van der Waals surface area contributed by atoms with Gasteiger partial charge in [0, 0.05) is 17.8 Å². The van der Waals surface area contributed by atoms with Crippen molar-refractivity contribution in [3.63, 3.8) is 0 Å². The summed E-state index contributed by atoms with van der Waals surface area (Å²) in [6.45, 7) is 7.01. The molecule has 0 aliphatic rings. The molecule has 0 saturated carbocycles. The van der Waals surface area contributed by atoms with Gasteiger partial charge in [0.1, 0.15) is 18.1 Å². The number of hydrogen-bond donors (Lipinski definition) is 2. The van der Waals surface area contributed by atoms with Gasteiger partial charge in [-0.25, -0.2) is 0 Å². The van der Waals surface area contributed by atoms with Gasteiger partial charge < -0.3 is 10.5 Å². The van der Waals surface area contributed by atoms with E-state index in [0.29, 0.717) is 13.2 Å². The third kappa shape index (κ3) is 2.54. The van der Waals surface area contributed by atoms with Gasteiger partial charge >= 0.3 is 0 Å². The van der Waals surface area contributed by atoms with Crippen LogP contribution in [-0.4, -0.2) is 10.2 Å².